The van der Waals surface area contributed by atoms with Crippen LogP contribution in [0, 0.1) is 0 Å². The first-order valence-electron chi connectivity index (χ1n) is 6.71. The number of rotatable bonds is 5. The molecular weight excluding hydrogens is 435 g/mol. The van der Waals surface area contributed by atoms with E-state index in [1.807, 2.05) is 18.2 Å². The first kappa shape index (κ1) is 19.1. The van der Waals surface area contributed by atoms with Crippen molar-refractivity contribution in [3.63, 3.8) is 0 Å². The molecule has 0 spiro atoms. The molecule has 0 unspecified atom stereocenters. The van der Waals surface area contributed by atoms with E-state index in [2.05, 4.69) is 9.97 Å². The maximum Gasteiger partial charge on any atom is 0.174 e. The predicted octanol–water partition coefficient (Wildman–Crippen LogP) is 5.43. The number of fused-ring (bicyclic) bond motifs is 1. The maximum atomic E-state index is 12.3. The van der Waals surface area contributed by atoms with Gasteiger partial charge in [-0.15, -0.1) is 17.0 Å². The number of halogens is 3. The van der Waals surface area contributed by atoms with Crippen LogP contribution in [0.1, 0.15) is 10.4 Å². The Labute approximate surface area is 163 Å². The highest BCUT2D eigenvalue weighted by Crippen LogP contribution is 2.26. The second kappa shape index (κ2) is 8.25. The summed E-state index contributed by atoms with van der Waals surface area (Å²) in [4.78, 5) is 19.9. The summed E-state index contributed by atoms with van der Waals surface area (Å²) in [6, 6.07) is 10.4. The molecule has 0 amide bonds. The molecule has 3 aromatic rings. The van der Waals surface area contributed by atoms with Crippen LogP contribution in [0.3, 0.4) is 0 Å². The van der Waals surface area contributed by atoms with E-state index >= 15 is 0 Å². The molecule has 1 aromatic heterocycles. The molecule has 4 nitrogen and oxygen atoms in total. The number of H-pyrrole nitrogens is 1. The summed E-state index contributed by atoms with van der Waals surface area (Å²) in [5.41, 5.74) is 2.15. The minimum Gasteiger partial charge on any atom is -0.497 e. The third-order valence-electron chi connectivity index (χ3n) is 3.24. The molecule has 0 bridgehead atoms. The summed E-state index contributed by atoms with van der Waals surface area (Å²) in [5, 5.41) is 1.54. The smallest absolute Gasteiger partial charge is 0.174 e. The van der Waals surface area contributed by atoms with Gasteiger partial charge in [0.2, 0.25) is 0 Å². The van der Waals surface area contributed by atoms with Crippen molar-refractivity contribution in [3.8, 4) is 5.75 Å². The Balaban J connectivity index is 0.00000208. The molecule has 0 aliphatic rings. The Hall–Kier alpha value is -1.21. The zero-order chi connectivity index (χ0) is 16.4. The summed E-state index contributed by atoms with van der Waals surface area (Å²) in [7, 11) is 1.61. The molecule has 0 aliphatic carbocycles. The number of carbonyl (C=O) groups is 1. The number of nitrogens with zero attached hydrogens (tertiary/aromatic N) is 1. The summed E-state index contributed by atoms with van der Waals surface area (Å²) in [6.45, 7) is 0. The molecule has 0 saturated heterocycles. The van der Waals surface area contributed by atoms with E-state index in [9.17, 15) is 4.79 Å². The van der Waals surface area contributed by atoms with Crippen LogP contribution < -0.4 is 4.74 Å². The highest BCUT2D eigenvalue weighted by atomic mass is 79.9. The van der Waals surface area contributed by atoms with Crippen LogP contribution in [-0.4, -0.2) is 28.6 Å². The fourth-order valence-electron chi connectivity index (χ4n) is 2.09. The van der Waals surface area contributed by atoms with Crippen molar-refractivity contribution in [1.29, 1.82) is 0 Å². The molecule has 3 rings (SSSR count). The van der Waals surface area contributed by atoms with Gasteiger partial charge in [-0.2, -0.15) is 0 Å². The molecule has 0 fully saturated rings. The SMILES string of the molecule is Br.COc1ccc2nc(SCC(=O)c3ccc(Cl)cc3Cl)[nH]c2c1. The van der Waals surface area contributed by atoms with Gasteiger partial charge in [0, 0.05) is 16.7 Å². The van der Waals surface area contributed by atoms with Crippen LogP contribution in [0.5, 0.6) is 5.75 Å². The van der Waals surface area contributed by atoms with Crippen LogP contribution in [0.15, 0.2) is 41.6 Å². The Kier molecular flexibility index (Phi) is 6.57. The number of hydrogen-bond acceptors (Lipinski definition) is 4. The maximum absolute atomic E-state index is 12.3. The lowest BCUT2D eigenvalue weighted by Gasteiger charge is -2.02. The molecule has 0 aliphatic heterocycles. The number of Topliss-reactive ketones (excluding diaryl/α,β-unsaturated/α-hetero) is 1. The first-order chi connectivity index (χ1) is 11.1. The van der Waals surface area contributed by atoms with E-state index in [-0.39, 0.29) is 28.5 Å². The van der Waals surface area contributed by atoms with E-state index in [0.717, 1.165) is 16.8 Å². The second-order valence-electron chi connectivity index (χ2n) is 4.76. The van der Waals surface area contributed by atoms with E-state index in [4.69, 9.17) is 27.9 Å². The molecule has 126 valence electrons. The van der Waals surface area contributed by atoms with Gasteiger partial charge in [-0.3, -0.25) is 4.79 Å². The van der Waals surface area contributed by atoms with Crippen LogP contribution in [-0.2, 0) is 0 Å². The van der Waals surface area contributed by atoms with Gasteiger partial charge in [-0.1, -0.05) is 35.0 Å². The Morgan fingerprint density at radius 3 is 2.75 bits per heavy atom. The van der Waals surface area contributed by atoms with Gasteiger partial charge in [0.1, 0.15) is 5.75 Å². The Morgan fingerprint density at radius 2 is 2.04 bits per heavy atom. The third kappa shape index (κ3) is 4.25. The van der Waals surface area contributed by atoms with Crippen molar-refractivity contribution in [3.05, 3.63) is 52.0 Å². The predicted molar refractivity (Wildman–Crippen MR) is 104 cm³/mol. The lowest BCUT2D eigenvalue weighted by atomic mass is 10.1. The van der Waals surface area contributed by atoms with Gasteiger partial charge in [0.25, 0.3) is 0 Å². The number of aromatic amines is 1. The zero-order valence-corrected chi connectivity index (χ0v) is 16.5. The lowest BCUT2D eigenvalue weighted by Crippen LogP contribution is -2.03. The van der Waals surface area contributed by atoms with Crippen molar-refractivity contribution in [2.24, 2.45) is 0 Å². The number of nitrogens with one attached hydrogen (secondary N) is 1. The van der Waals surface area contributed by atoms with Gasteiger partial charge in [0.15, 0.2) is 10.9 Å². The van der Waals surface area contributed by atoms with Gasteiger partial charge in [0.05, 0.1) is 28.9 Å². The Morgan fingerprint density at radius 1 is 1.25 bits per heavy atom. The number of imidazole rings is 1. The summed E-state index contributed by atoms with van der Waals surface area (Å²) >= 11 is 13.2. The number of benzene rings is 2. The molecule has 2 aromatic carbocycles. The fourth-order valence-corrected chi connectivity index (χ4v) is 3.37. The Bertz CT molecular complexity index is 886. The lowest BCUT2D eigenvalue weighted by molar-refractivity contribution is 0.102. The molecule has 0 radical (unpaired) electrons. The molecule has 8 heteroatoms. The minimum atomic E-state index is -0.0743. The monoisotopic (exact) mass is 446 g/mol. The van der Waals surface area contributed by atoms with Crippen molar-refractivity contribution in [2.75, 3.05) is 12.9 Å². The van der Waals surface area contributed by atoms with E-state index in [1.54, 1.807) is 25.3 Å². The first-order valence-corrected chi connectivity index (χ1v) is 8.46. The van der Waals surface area contributed by atoms with Gasteiger partial charge in [-0.05, 0) is 30.3 Å². The molecule has 24 heavy (non-hydrogen) atoms. The fraction of sp³-hybridized carbons (Fsp3) is 0.125. The molecule has 0 saturated carbocycles. The number of ketones is 1. The number of hydrogen-bond donors (Lipinski definition) is 1. The minimum absolute atomic E-state index is 0. The number of aromatic nitrogens is 2. The quantitative estimate of drug-likeness (QED) is 0.418. The van der Waals surface area contributed by atoms with Gasteiger partial charge >= 0.3 is 0 Å². The number of carbonyl (C=O) groups excluding carboxylic acids is 1. The summed E-state index contributed by atoms with van der Waals surface area (Å²) in [5.74, 6) is 0.912. The average Bonchev–Trinajstić information content (AvgIpc) is 2.94. The van der Waals surface area contributed by atoms with Crippen molar-refractivity contribution in [2.45, 2.75) is 5.16 Å². The van der Waals surface area contributed by atoms with Gasteiger partial charge in [-0.25, -0.2) is 4.98 Å². The largest absolute Gasteiger partial charge is 0.497 e. The highest BCUT2D eigenvalue weighted by molar-refractivity contribution is 8.93. The molecule has 1 heterocycles. The second-order valence-corrected chi connectivity index (χ2v) is 6.57. The van der Waals surface area contributed by atoms with Crippen molar-refractivity contribution in [1.82, 2.24) is 9.97 Å². The van der Waals surface area contributed by atoms with Gasteiger partial charge < -0.3 is 9.72 Å². The third-order valence-corrected chi connectivity index (χ3v) is 4.66. The van der Waals surface area contributed by atoms with Crippen LogP contribution in [0.4, 0.5) is 0 Å². The molecular formula is C16H13BrCl2N2O2S. The zero-order valence-electron chi connectivity index (χ0n) is 12.5. The average molecular weight is 448 g/mol. The van der Waals surface area contributed by atoms with E-state index in [1.165, 1.54) is 11.8 Å². The van der Waals surface area contributed by atoms with Crippen LogP contribution >= 0.6 is 51.9 Å². The normalized spacial score (nSPS) is 10.5. The van der Waals surface area contributed by atoms with Crippen LogP contribution in [0.2, 0.25) is 10.0 Å². The summed E-state index contributed by atoms with van der Waals surface area (Å²) < 4.78 is 5.18. The number of thioether (sulfide) groups is 1. The van der Waals surface area contributed by atoms with E-state index in [0.29, 0.717) is 20.8 Å². The standard InChI is InChI=1S/C16H12Cl2N2O2S.BrH/c1-22-10-3-5-13-14(7-10)20-16(19-13)23-8-15(21)11-4-2-9(17)6-12(11)18;/h2-7H,8H2,1H3,(H,19,20);1H. The highest BCUT2D eigenvalue weighted by Gasteiger charge is 2.13. The topological polar surface area (TPSA) is 55.0 Å². The number of ether oxygens (including phenoxy) is 1. The summed E-state index contributed by atoms with van der Waals surface area (Å²) in [6.07, 6.45) is 0. The number of methoxy groups -OCH3 is 1. The van der Waals surface area contributed by atoms with Crippen LogP contribution in [0.25, 0.3) is 11.0 Å². The van der Waals surface area contributed by atoms with Crippen molar-refractivity contribution >= 4 is 68.8 Å². The molecule has 1 N–H and O–H groups in total. The van der Waals surface area contributed by atoms with Crippen molar-refractivity contribution < 1.29 is 9.53 Å². The van der Waals surface area contributed by atoms with E-state index < -0.39 is 0 Å². The molecule has 0 atom stereocenters.